The molecule has 0 aliphatic carbocycles. The highest BCUT2D eigenvalue weighted by Gasteiger charge is 2.19. The van der Waals surface area contributed by atoms with Crippen molar-refractivity contribution in [1.29, 1.82) is 0 Å². The molecule has 1 aromatic rings. The fraction of sp³-hybridized carbons (Fsp3) is 0.571. The van der Waals surface area contributed by atoms with Crippen LogP contribution in [-0.2, 0) is 0 Å². The first-order valence-electron chi connectivity index (χ1n) is 6.41. The smallest absolute Gasteiger partial charge is 0.123 e. The highest BCUT2D eigenvalue weighted by atomic mass is 16.5. The van der Waals surface area contributed by atoms with Crippen LogP contribution in [0.15, 0.2) is 24.3 Å². The molecule has 0 aromatic heterocycles. The number of nitrogens with one attached hydrogen (secondary N) is 1. The van der Waals surface area contributed by atoms with E-state index < -0.39 is 0 Å². The Balaban J connectivity index is 1.95. The van der Waals surface area contributed by atoms with Crippen LogP contribution in [0.2, 0.25) is 0 Å². The maximum absolute atomic E-state index is 5.99. The Morgan fingerprint density at radius 3 is 2.94 bits per heavy atom. The molecule has 1 aliphatic heterocycles. The summed E-state index contributed by atoms with van der Waals surface area (Å²) in [5, 5.41) is 3.42. The molecule has 2 unspecified atom stereocenters. The maximum atomic E-state index is 5.99. The molecular weight excluding hydrogens is 214 g/mol. The zero-order chi connectivity index (χ0) is 12.1. The number of piperidine rings is 1. The summed E-state index contributed by atoms with van der Waals surface area (Å²) in [6, 6.07) is 8.45. The van der Waals surface area contributed by atoms with E-state index in [1.807, 2.05) is 31.2 Å². The van der Waals surface area contributed by atoms with E-state index in [0.29, 0.717) is 18.8 Å². The molecule has 1 fully saturated rings. The monoisotopic (exact) mass is 235 g/mol. The van der Waals surface area contributed by atoms with Crippen LogP contribution in [0.1, 0.15) is 26.7 Å². The van der Waals surface area contributed by atoms with E-state index in [0.717, 1.165) is 30.9 Å². The van der Waals surface area contributed by atoms with Crippen LogP contribution in [0.25, 0.3) is 0 Å². The molecule has 1 heterocycles. The lowest BCUT2D eigenvalue weighted by Crippen LogP contribution is -2.40. The molecule has 3 nitrogen and oxygen atoms in total. The van der Waals surface area contributed by atoms with Gasteiger partial charge in [-0.3, -0.25) is 0 Å². The summed E-state index contributed by atoms with van der Waals surface area (Å²) in [4.78, 5) is 0. The van der Waals surface area contributed by atoms with Gasteiger partial charge in [-0.15, -0.1) is 0 Å². The molecule has 0 radical (unpaired) electrons. The number of rotatable bonds is 4. The van der Waals surface area contributed by atoms with Gasteiger partial charge in [-0.25, -0.2) is 0 Å². The molecule has 1 N–H and O–H groups in total. The Hall–Kier alpha value is -1.22. The Bertz CT molecular complexity index is 354. The van der Waals surface area contributed by atoms with Gasteiger partial charge in [0, 0.05) is 12.1 Å². The molecular formula is C14H21NO2. The van der Waals surface area contributed by atoms with Crippen molar-refractivity contribution in [3.8, 4) is 11.5 Å². The van der Waals surface area contributed by atoms with E-state index in [2.05, 4.69) is 12.2 Å². The van der Waals surface area contributed by atoms with E-state index in [9.17, 15) is 0 Å². The highest BCUT2D eigenvalue weighted by molar-refractivity contribution is 5.33. The summed E-state index contributed by atoms with van der Waals surface area (Å²) in [7, 11) is 0. The zero-order valence-electron chi connectivity index (χ0n) is 10.6. The van der Waals surface area contributed by atoms with Crippen LogP contribution in [0.5, 0.6) is 11.5 Å². The molecule has 2 rings (SSSR count). The number of benzene rings is 1. The Labute approximate surface area is 103 Å². The molecule has 0 saturated carbocycles. The molecule has 1 aliphatic rings. The third-order valence-corrected chi connectivity index (χ3v) is 2.99. The standard InChI is InChI=1S/C14H21NO2/c1-3-16-12-5-4-6-13(10-12)17-14-7-8-15-11(2)9-14/h4-6,10-11,14-15H,3,7-9H2,1-2H3. The van der Waals surface area contributed by atoms with Crippen LogP contribution in [-0.4, -0.2) is 25.3 Å². The second kappa shape index (κ2) is 5.92. The van der Waals surface area contributed by atoms with Crippen molar-refractivity contribution in [2.75, 3.05) is 13.2 Å². The summed E-state index contributed by atoms with van der Waals surface area (Å²) in [5.74, 6) is 1.79. The zero-order valence-corrected chi connectivity index (χ0v) is 10.6. The molecule has 0 bridgehead atoms. The topological polar surface area (TPSA) is 30.5 Å². The Morgan fingerprint density at radius 2 is 2.18 bits per heavy atom. The first kappa shape index (κ1) is 12.2. The quantitative estimate of drug-likeness (QED) is 0.870. The van der Waals surface area contributed by atoms with Gasteiger partial charge in [0.15, 0.2) is 0 Å². The normalized spacial score (nSPS) is 24.4. The van der Waals surface area contributed by atoms with Crippen molar-refractivity contribution < 1.29 is 9.47 Å². The number of hydrogen-bond acceptors (Lipinski definition) is 3. The number of ether oxygens (including phenoxy) is 2. The predicted molar refractivity (Wildman–Crippen MR) is 68.7 cm³/mol. The van der Waals surface area contributed by atoms with Gasteiger partial charge in [-0.2, -0.15) is 0 Å². The Morgan fingerprint density at radius 1 is 1.35 bits per heavy atom. The minimum Gasteiger partial charge on any atom is -0.494 e. The van der Waals surface area contributed by atoms with Crippen LogP contribution in [0, 0.1) is 0 Å². The molecule has 3 heteroatoms. The van der Waals surface area contributed by atoms with Crippen LogP contribution in [0.3, 0.4) is 0 Å². The third kappa shape index (κ3) is 3.63. The van der Waals surface area contributed by atoms with Crippen LogP contribution >= 0.6 is 0 Å². The molecule has 94 valence electrons. The predicted octanol–water partition coefficient (Wildman–Crippen LogP) is 2.60. The van der Waals surface area contributed by atoms with Gasteiger partial charge in [0.05, 0.1) is 6.61 Å². The summed E-state index contributed by atoms with van der Waals surface area (Å²) in [5.41, 5.74) is 0. The lowest BCUT2D eigenvalue weighted by atomic mass is 10.0. The SMILES string of the molecule is CCOc1cccc(OC2CCNC(C)C2)c1. The largest absolute Gasteiger partial charge is 0.494 e. The highest BCUT2D eigenvalue weighted by Crippen LogP contribution is 2.23. The lowest BCUT2D eigenvalue weighted by Gasteiger charge is -2.28. The van der Waals surface area contributed by atoms with Gasteiger partial charge in [0.25, 0.3) is 0 Å². The first-order valence-corrected chi connectivity index (χ1v) is 6.41. The summed E-state index contributed by atoms with van der Waals surface area (Å²) in [6.45, 7) is 5.92. The van der Waals surface area contributed by atoms with Crippen LogP contribution in [0.4, 0.5) is 0 Å². The molecule has 1 saturated heterocycles. The molecule has 0 spiro atoms. The van der Waals surface area contributed by atoms with Gasteiger partial charge in [-0.05, 0) is 45.4 Å². The van der Waals surface area contributed by atoms with Crippen molar-refractivity contribution in [2.24, 2.45) is 0 Å². The van der Waals surface area contributed by atoms with Gasteiger partial charge in [0.1, 0.15) is 17.6 Å². The van der Waals surface area contributed by atoms with E-state index in [-0.39, 0.29) is 0 Å². The summed E-state index contributed by atoms with van der Waals surface area (Å²) >= 11 is 0. The van der Waals surface area contributed by atoms with Crippen molar-refractivity contribution >= 4 is 0 Å². The number of hydrogen-bond donors (Lipinski definition) is 1. The fourth-order valence-corrected chi connectivity index (χ4v) is 2.19. The van der Waals surface area contributed by atoms with Gasteiger partial charge in [0.2, 0.25) is 0 Å². The van der Waals surface area contributed by atoms with Gasteiger partial charge >= 0.3 is 0 Å². The van der Waals surface area contributed by atoms with Crippen molar-refractivity contribution in [1.82, 2.24) is 5.32 Å². The van der Waals surface area contributed by atoms with Crippen molar-refractivity contribution in [3.05, 3.63) is 24.3 Å². The van der Waals surface area contributed by atoms with E-state index in [1.54, 1.807) is 0 Å². The van der Waals surface area contributed by atoms with Gasteiger partial charge in [-0.1, -0.05) is 6.07 Å². The van der Waals surface area contributed by atoms with Gasteiger partial charge < -0.3 is 14.8 Å². The average molecular weight is 235 g/mol. The summed E-state index contributed by atoms with van der Waals surface area (Å²) in [6.07, 6.45) is 2.46. The van der Waals surface area contributed by atoms with E-state index in [1.165, 1.54) is 0 Å². The molecule has 0 amide bonds. The molecule has 1 aromatic carbocycles. The second-order valence-electron chi connectivity index (χ2n) is 4.53. The molecule has 2 atom stereocenters. The first-order chi connectivity index (χ1) is 8.28. The lowest BCUT2D eigenvalue weighted by molar-refractivity contribution is 0.143. The minimum absolute atomic E-state index is 0.322. The van der Waals surface area contributed by atoms with E-state index in [4.69, 9.17) is 9.47 Å². The summed E-state index contributed by atoms with van der Waals surface area (Å²) < 4.78 is 11.5. The van der Waals surface area contributed by atoms with E-state index >= 15 is 0 Å². The van der Waals surface area contributed by atoms with Crippen molar-refractivity contribution in [3.63, 3.8) is 0 Å². The second-order valence-corrected chi connectivity index (χ2v) is 4.53. The van der Waals surface area contributed by atoms with Crippen LogP contribution < -0.4 is 14.8 Å². The Kier molecular flexibility index (Phi) is 4.26. The maximum Gasteiger partial charge on any atom is 0.123 e. The fourth-order valence-electron chi connectivity index (χ4n) is 2.19. The average Bonchev–Trinajstić information content (AvgIpc) is 2.30. The molecule has 17 heavy (non-hydrogen) atoms. The van der Waals surface area contributed by atoms with Crippen molar-refractivity contribution in [2.45, 2.75) is 38.8 Å². The minimum atomic E-state index is 0.322. The third-order valence-electron chi connectivity index (χ3n) is 2.99.